The molecule has 0 saturated heterocycles. The average Bonchev–Trinajstić information content (AvgIpc) is 2.68. The molecule has 1 aromatic carbocycles. The Kier molecular flexibility index (Phi) is 3.10. The number of carbonyl (C=O) groups excluding carboxylic acids is 1. The fourth-order valence-corrected chi connectivity index (χ4v) is 2.24. The van der Waals surface area contributed by atoms with E-state index in [1.54, 1.807) is 11.4 Å². The maximum Gasteiger partial charge on any atom is 0.256 e. The minimum Gasteiger partial charge on any atom is -0.399 e. The largest absolute Gasteiger partial charge is 0.399 e. The predicted octanol–water partition coefficient (Wildman–Crippen LogP) is 3.03. The van der Waals surface area contributed by atoms with Gasteiger partial charge in [-0.3, -0.25) is 4.79 Å². The summed E-state index contributed by atoms with van der Waals surface area (Å²) < 4.78 is 13.5. The Bertz CT molecular complexity index is 565. The number of thiophene rings is 1. The normalized spacial score (nSPS) is 10.2. The Balaban J connectivity index is 2.22. The molecule has 1 amide bonds. The van der Waals surface area contributed by atoms with Crippen molar-refractivity contribution in [2.24, 2.45) is 0 Å². The summed E-state index contributed by atoms with van der Waals surface area (Å²) in [4.78, 5) is 11.8. The highest BCUT2D eigenvalue weighted by molar-refractivity contribution is 7.08. The third-order valence-corrected chi connectivity index (χ3v) is 3.20. The first-order chi connectivity index (χ1) is 8.08. The zero-order valence-corrected chi connectivity index (χ0v) is 9.98. The number of rotatable bonds is 2. The van der Waals surface area contributed by atoms with E-state index >= 15 is 0 Å². The van der Waals surface area contributed by atoms with E-state index in [0.717, 1.165) is 5.56 Å². The van der Waals surface area contributed by atoms with Crippen molar-refractivity contribution in [2.45, 2.75) is 6.92 Å². The van der Waals surface area contributed by atoms with E-state index in [0.29, 0.717) is 11.3 Å². The second-order valence-electron chi connectivity index (χ2n) is 3.66. The number of anilines is 2. The molecule has 1 heterocycles. The molecule has 3 N–H and O–H groups in total. The zero-order valence-electron chi connectivity index (χ0n) is 9.16. The lowest BCUT2D eigenvalue weighted by atomic mass is 10.2. The number of halogens is 1. The molecule has 0 saturated carbocycles. The summed E-state index contributed by atoms with van der Waals surface area (Å²) in [6.07, 6.45) is 0. The number of amides is 1. The van der Waals surface area contributed by atoms with Crippen LogP contribution in [0.3, 0.4) is 0 Å². The van der Waals surface area contributed by atoms with E-state index in [1.807, 2.05) is 12.3 Å². The van der Waals surface area contributed by atoms with Crippen LogP contribution in [0.5, 0.6) is 0 Å². The van der Waals surface area contributed by atoms with Gasteiger partial charge in [-0.15, -0.1) is 0 Å². The molecular weight excluding hydrogens is 239 g/mol. The summed E-state index contributed by atoms with van der Waals surface area (Å²) in [5, 5.41) is 6.12. The van der Waals surface area contributed by atoms with Crippen molar-refractivity contribution in [3.8, 4) is 0 Å². The van der Waals surface area contributed by atoms with Gasteiger partial charge < -0.3 is 11.1 Å². The van der Waals surface area contributed by atoms with E-state index in [1.165, 1.54) is 23.5 Å². The van der Waals surface area contributed by atoms with Crippen molar-refractivity contribution in [1.82, 2.24) is 0 Å². The van der Waals surface area contributed by atoms with Crippen LogP contribution in [0, 0.1) is 12.7 Å². The van der Waals surface area contributed by atoms with Crippen molar-refractivity contribution >= 4 is 28.6 Å². The van der Waals surface area contributed by atoms with Crippen LogP contribution in [0.25, 0.3) is 0 Å². The molecule has 0 spiro atoms. The highest BCUT2D eigenvalue weighted by Crippen LogP contribution is 2.20. The van der Waals surface area contributed by atoms with E-state index in [9.17, 15) is 9.18 Å². The predicted molar refractivity (Wildman–Crippen MR) is 67.8 cm³/mol. The lowest BCUT2D eigenvalue weighted by molar-refractivity contribution is 0.102. The number of nitrogens with two attached hydrogens (primary N) is 1. The zero-order chi connectivity index (χ0) is 12.4. The maximum atomic E-state index is 13.5. The van der Waals surface area contributed by atoms with Gasteiger partial charge in [-0.1, -0.05) is 0 Å². The number of benzene rings is 1. The third-order valence-electron chi connectivity index (χ3n) is 2.34. The van der Waals surface area contributed by atoms with Crippen LogP contribution < -0.4 is 11.1 Å². The number of nitrogen functional groups attached to an aromatic ring is 1. The highest BCUT2D eigenvalue weighted by Gasteiger charge is 2.12. The van der Waals surface area contributed by atoms with Crippen molar-refractivity contribution in [3.63, 3.8) is 0 Å². The standard InChI is InChI=1S/C12H11FN2OS/c1-7-5-17-6-9(7)12(16)15-11-3-2-8(14)4-10(11)13/h2-6H,14H2,1H3,(H,15,16). The van der Waals surface area contributed by atoms with Gasteiger partial charge in [0.1, 0.15) is 5.82 Å². The molecule has 2 aromatic rings. The summed E-state index contributed by atoms with van der Waals surface area (Å²) in [6, 6.07) is 4.17. The molecule has 1 aromatic heterocycles. The number of carbonyl (C=O) groups is 1. The van der Waals surface area contributed by atoms with Crippen molar-refractivity contribution in [1.29, 1.82) is 0 Å². The summed E-state index contributed by atoms with van der Waals surface area (Å²) >= 11 is 1.44. The molecule has 0 aliphatic carbocycles. The van der Waals surface area contributed by atoms with Gasteiger partial charge in [-0.25, -0.2) is 4.39 Å². The van der Waals surface area contributed by atoms with Gasteiger partial charge in [0.2, 0.25) is 0 Å². The second kappa shape index (κ2) is 4.55. The van der Waals surface area contributed by atoms with Crippen LogP contribution in [0.15, 0.2) is 29.0 Å². The summed E-state index contributed by atoms with van der Waals surface area (Å²) in [7, 11) is 0. The second-order valence-corrected chi connectivity index (χ2v) is 4.41. The Morgan fingerprint density at radius 3 is 2.76 bits per heavy atom. The number of hydrogen-bond donors (Lipinski definition) is 2. The first-order valence-electron chi connectivity index (χ1n) is 4.97. The van der Waals surface area contributed by atoms with E-state index in [2.05, 4.69) is 5.32 Å². The first kappa shape index (κ1) is 11.6. The molecule has 0 unspecified atom stereocenters. The first-order valence-corrected chi connectivity index (χ1v) is 5.91. The monoisotopic (exact) mass is 250 g/mol. The molecule has 3 nitrogen and oxygen atoms in total. The fourth-order valence-electron chi connectivity index (χ4n) is 1.42. The van der Waals surface area contributed by atoms with E-state index < -0.39 is 5.82 Å². The van der Waals surface area contributed by atoms with Crippen LogP contribution in [0.1, 0.15) is 15.9 Å². The molecule has 17 heavy (non-hydrogen) atoms. The van der Waals surface area contributed by atoms with Gasteiger partial charge in [0, 0.05) is 11.1 Å². The Morgan fingerprint density at radius 2 is 2.18 bits per heavy atom. The molecule has 0 radical (unpaired) electrons. The molecule has 0 bridgehead atoms. The SMILES string of the molecule is Cc1cscc1C(=O)Nc1ccc(N)cc1F. The molecular formula is C12H11FN2OS. The van der Waals surface area contributed by atoms with Crippen LogP contribution >= 0.6 is 11.3 Å². The molecule has 5 heteroatoms. The Morgan fingerprint density at radius 1 is 1.41 bits per heavy atom. The van der Waals surface area contributed by atoms with Gasteiger partial charge in [0.25, 0.3) is 5.91 Å². The van der Waals surface area contributed by atoms with Crippen LogP contribution in [-0.2, 0) is 0 Å². The van der Waals surface area contributed by atoms with Crippen molar-refractivity contribution < 1.29 is 9.18 Å². The fraction of sp³-hybridized carbons (Fsp3) is 0.0833. The summed E-state index contributed by atoms with van der Waals surface area (Å²) in [5.74, 6) is -0.848. The number of aryl methyl sites for hydroxylation is 1. The van der Waals surface area contributed by atoms with Gasteiger partial charge in [0.15, 0.2) is 0 Å². The minimum atomic E-state index is -0.536. The molecule has 0 fully saturated rings. The van der Waals surface area contributed by atoms with Gasteiger partial charge in [0.05, 0.1) is 11.3 Å². The molecule has 2 rings (SSSR count). The van der Waals surface area contributed by atoms with Crippen LogP contribution in [-0.4, -0.2) is 5.91 Å². The lowest BCUT2D eigenvalue weighted by Crippen LogP contribution is -2.13. The quantitative estimate of drug-likeness (QED) is 0.805. The van der Waals surface area contributed by atoms with Gasteiger partial charge in [-0.2, -0.15) is 11.3 Å². The smallest absolute Gasteiger partial charge is 0.256 e. The molecule has 0 aliphatic rings. The topological polar surface area (TPSA) is 55.1 Å². The minimum absolute atomic E-state index is 0.134. The third kappa shape index (κ3) is 2.45. The maximum absolute atomic E-state index is 13.5. The summed E-state index contributed by atoms with van der Waals surface area (Å²) in [5.41, 5.74) is 7.33. The Hall–Kier alpha value is -1.88. The van der Waals surface area contributed by atoms with Crippen molar-refractivity contribution in [2.75, 3.05) is 11.1 Å². The van der Waals surface area contributed by atoms with E-state index in [-0.39, 0.29) is 11.6 Å². The number of hydrogen-bond acceptors (Lipinski definition) is 3. The average molecular weight is 250 g/mol. The van der Waals surface area contributed by atoms with Gasteiger partial charge >= 0.3 is 0 Å². The van der Waals surface area contributed by atoms with E-state index in [4.69, 9.17) is 5.73 Å². The Labute approximate surface area is 102 Å². The lowest BCUT2D eigenvalue weighted by Gasteiger charge is -2.06. The summed E-state index contributed by atoms with van der Waals surface area (Å²) in [6.45, 7) is 1.84. The molecule has 0 aliphatic heterocycles. The van der Waals surface area contributed by atoms with Crippen LogP contribution in [0.4, 0.5) is 15.8 Å². The van der Waals surface area contributed by atoms with Crippen LogP contribution in [0.2, 0.25) is 0 Å². The molecule has 0 atom stereocenters. The van der Waals surface area contributed by atoms with Crippen molar-refractivity contribution in [3.05, 3.63) is 45.9 Å². The van der Waals surface area contributed by atoms with Gasteiger partial charge in [-0.05, 0) is 36.1 Å². The number of nitrogens with one attached hydrogen (secondary N) is 1. The molecule has 88 valence electrons. The highest BCUT2D eigenvalue weighted by atomic mass is 32.1.